The highest BCUT2D eigenvalue weighted by molar-refractivity contribution is 5.37. The van der Waals surface area contributed by atoms with Crippen molar-refractivity contribution in [2.75, 3.05) is 18.9 Å². The first kappa shape index (κ1) is 14.3. The zero-order valence-corrected chi connectivity index (χ0v) is 12.4. The molecule has 1 aromatic rings. The molecule has 0 aromatic carbocycles. The average Bonchev–Trinajstić information content (AvgIpc) is 2.46. The Morgan fingerprint density at radius 3 is 2.84 bits per heavy atom. The Bertz CT molecular complexity index is 372. The predicted octanol–water partition coefficient (Wildman–Crippen LogP) is 3.67. The summed E-state index contributed by atoms with van der Waals surface area (Å²) in [4.78, 5) is 6.88. The largest absolute Gasteiger partial charge is 0.370 e. The number of aromatic nitrogens is 1. The summed E-state index contributed by atoms with van der Waals surface area (Å²) in [5, 5.41) is 3.36. The Hall–Kier alpha value is -1.09. The maximum Gasteiger partial charge on any atom is 0.126 e. The molecule has 0 saturated heterocycles. The van der Waals surface area contributed by atoms with Gasteiger partial charge in [0.2, 0.25) is 0 Å². The molecule has 1 aromatic heterocycles. The van der Waals surface area contributed by atoms with Crippen molar-refractivity contribution in [2.45, 2.75) is 58.0 Å². The van der Waals surface area contributed by atoms with Gasteiger partial charge < -0.3 is 5.32 Å². The number of pyridine rings is 1. The van der Waals surface area contributed by atoms with Gasteiger partial charge in [-0.1, -0.05) is 26.2 Å². The summed E-state index contributed by atoms with van der Waals surface area (Å²) in [6.07, 6.45) is 10.00. The topological polar surface area (TPSA) is 28.2 Å². The van der Waals surface area contributed by atoms with Crippen molar-refractivity contribution >= 4 is 5.82 Å². The lowest BCUT2D eigenvalue weighted by Crippen LogP contribution is -2.32. The lowest BCUT2D eigenvalue weighted by Gasteiger charge is -2.31. The van der Waals surface area contributed by atoms with Crippen molar-refractivity contribution in [3.8, 4) is 0 Å². The van der Waals surface area contributed by atoms with E-state index in [-0.39, 0.29) is 0 Å². The zero-order chi connectivity index (χ0) is 13.5. The van der Waals surface area contributed by atoms with Crippen LogP contribution >= 0.6 is 0 Å². The molecular formula is C16H27N3. The van der Waals surface area contributed by atoms with E-state index in [1.807, 2.05) is 6.20 Å². The van der Waals surface area contributed by atoms with Crippen LogP contribution in [0, 0.1) is 0 Å². The molecule has 0 amide bonds. The van der Waals surface area contributed by atoms with Crippen LogP contribution in [0.4, 0.5) is 5.82 Å². The Kier molecular flexibility index (Phi) is 5.64. The van der Waals surface area contributed by atoms with Crippen LogP contribution in [-0.2, 0) is 6.54 Å². The third-order valence-corrected chi connectivity index (χ3v) is 4.01. The van der Waals surface area contributed by atoms with Crippen LogP contribution in [0.3, 0.4) is 0 Å². The minimum absolute atomic E-state index is 0.772. The molecule has 3 nitrogen and oxygen atoms in total. The van der Waals surface area contributed by atoms with Gasteiger partial charge in [-0.3, -0.25) is 4.90 Å². The fraction of sp³-hybridized carbons (Fsp3) is 0.688. The van der Waals surface area contributed by atoms with E-state index in [1.54, 1.807) is 0 Å². The highest BCUT2D eigenvalue weighted by atomic mass is 15.1. The summed E-state index contributed by atoms with van der Waals surface area (Å²) in [5.41, 5.74) is 1.36. The molecule has 1 N–H and O–H groups in total. The molecule has 1 aliphatic carbocycles. The average molecular weight is 261 g/mol. The van der Waals surface area contributed by atoms with Gasteiger partial charge in [-0.25, -0.2) is 4.98 Å². The molecule has 1 fully saturated rings. The molecule has 0 bridgehead atoms. The van der Waals surface area contributed by atoms with Crippen molar-refractivity contribution in [1.82, 2.24) is 9.88 Å². The van der Waals surface area contributed by atoms with Gasteiger partial charge in [0, 0.05) is 25.3 Å². The first-order valence-corrected chi connectivity index (χ1v) is 7.68. The fourth-order valence-corrected chi connectivity index (χ4v) is 2.86. The number of hydrogen-bond acceptors (Lipinski definition) is 3. The van der Waals surface area contributed by atoms with Crippen LogP contribution in [0.25, 0.3) is 0 Å². The summed E-state index contributed by atoms with van der Waals surface area (Å²) in [7, 11) is 2.26. The second-order valence-electron chi connectivity index (χ2n) is 5.68. The second kappa shape index (κ2) is 7.49. The molecule has 0 radical (unpaired) electrons. The molecular weight excluding hydrogens is 234 g/mol. The van der Waals surface area contributed by atoms with E-state index in [2.05, 4.69) is 41.3 Å². The lowest BCUT2D eigenvalue weighted by atomic mass is 9.94. The van der Waals surface area contributed by atoms with Gasteiger partial charge in [0.05, 0.1) is 0 Å². The van der Waals surface area contributed by atoms with E-state index in [4.69, 9.17) is 0 Å². The van der Waals surface area contributed by atoms with Gasteiger partial charge in [0.25, 0.3) is 0 Å². The van der Waals surface area contributed by atoms with Gasteiger partial charge in [-0.2, -0.15) is 0 Å². The molecule has 3 heteroatoms. The summed E-state index contributed by atoms with van der Waals surface area (Å²) in [6, 6.07) is 5.10. The van der Waals surface area contributed by atoms with E-state index < -0.39 is 0 Å². The summed E-state index contributed by atoms with van der Waals surface area (Å²) in [5.74, 6) is 1.01. The zero-order valence-electron chi connectivity index (χ0n) is 12.4. The van der Waals surface area contributed by atoms with E-state index >= 15 is 0 Å². The quantitative estimate of drug-likeness (QED) is 0.847. The van der Waals surface area contributed by atoms with Crippen molar-refractivity contribution in [3.63, 3.8) is 0 Å². The molecule has 1 aliphatic rings. The van der Waals surface area contributed by atoms with Crippen LogP contribution in [0.1, 0.15) is 51.0 Å². The van der Waals surface area contributed by atoms with Crippen LogP contribution in [-0.4, -0.2) is 29.5 Å². The molecule has 0 atom stereocenters. The Morgan fingerprint density at radius 2 is 2.11 bits per heavy atom. The minimum atomic E-state index is 0.772. The van der Waals surface area contributed by atoms with Crippen molar-refractivity contribution < 1.29 is 0 Å². The van der Waals surface area contributed by atoms with E-state index in [1.165, 1.54) is 37.7 Å². The number of nitrogens with zero attached hydrogens (tertiary/aromatic N) is 2. The summed E-state index contributed by atoms with van der Waals surface area (Å²) >= 11 is 0. The highest BCUT2D eigenvalue weighted by Crippen LogP contribution is 2.23. The summed E-state index contributed by atoms with van der Waals surface area (Å²) < 4.78 is 0. The standard InChI is InChI=1S/C16H27N3/c1-3-10-17-16-12-14(9-11-18-16)13-19(2)15-7-5-4-6-8-15/h9,11-12,15H,3-8,10,13H2,1-2H3,(H,17,18). The second-order valence-corrected chi connectivity index (χ2v) is 5.68. The minimum Gasteiger partial charge on any atom is -0.370 e. The monoisotopic (exact) mass is 261 g/mol. The molecule has 106 valence electrons. The van der Waals surface area contributed by atoms with Crippen molar-refractivity contribution in [3.05, 3.63) is 23.9 Å². The number of hydrogen-bond donors (Lipinski definition) is 1. The van der Waals surface area contributed by atoms with Gasteiger partial charge in [0.1, 0.15) is 5.82 Å². The predicted molar refractivity (Wildman–Crippen MR) is 81.4 cm³/mol. The van der Waals surface area contributed by atoms with E-state index in [0.717, 1.165) is 31.4 Å². The maximum absolute atomic E-state index is 4.37. The highest BCUT2D eigenvalue weighted by Gasteiger charge is 2.17. The molecule has 2 rings (SSSR count). The van der Waals surface area contributed by atoms with Crippen LogP contribution in [0.15, 0.2) is 18.3 Å². The van der Waals surface area contributed by atoms with E-state index in [0.29, 0.717) is 0 Å². The summed E-state index contributed by atoms with van der Waals surface area (Å²) in [6.45, 7) is 4.20. The first-order chi connectivity index (χ1) is 9.29. The van der Waals surface area contributed by atoms with Crippen molar-refractivity contribution in [2.24, 2.45) is 0 Å². The molecule has 1 saturated carbocycles. The maximum atomic E-state index is 4.37. The Balaban J connectivity index is 1.90. The number of anilines is 1. The third-order valence-electron chi connectivity index (χ3n) is 4.01. The van der Waals surface area contributed by atoms with Crippen LogP contribution < -0.4 is 5.32 Å². The smallest absolute Gasteiger partial charge is 0.126 e. The van der Waals surface area contributed by atoms with Gasteiger partial charge in [-0.05, 0) is 44.0 Å². The normalized spacial score (nSPS) is 16.8. The molecule has 1 heterocycles. The molecule has 0 aliphatic heterocycles. The molecule has 0 spiro atoms. The van der Waals surface area contributed by atoms with Crippen LogP contribution in [0.2, 0.25) is 0 Å². The fourth-order valence-electron chi connectivity index (χ4n) is 2.86. The molecule has 0 unspecified atom stereocenters. The van der Waals surface area contributed by atoms with Crippen molar-refractivity contribution in [1.29, 1.82) is 0 Å². The first-order valence-electron chi connectivity index (χ1n) is 7.68. The van der Waals surface area contributed by atoms with Gasteiger partial charge >= 0.3 is 0 Å². The Morgan fingerprint density at radius 1 is 1.32 bits per heavy atom. The SMILES string of the molecule is CCCNc1cc(CN(C)C2CCCCC2)ccn1. The molecule has 19 heavy (non-hydrogen) atoms. The number of rotatable bonds is 6. The number of nitrogens with one attached hydrogen (secondary N) is 1. The van der Waals surface area contributed by atoms with Gasteiger partial charge in [-0.15, -0.1) is 0 Å². The van der Waals surface area contributed by atoms with E-state index in [9.17, 15) is 0 Å². The third kappa shape index (κ3) is 4.50. The van der Waals surface area contributed by atoms with Gasteiger partial charge in [0.15, 0.2) is 0 Å². The van der Waals surface area contributed by atoms with Crippen LogP contribution in [0.5, 0.6) is 0 Å². The Labute approximate surface area is 117 Å². The lowest BCUT2D eigenvalue weighted by molar-refractivity contribution is 0.184.